The molecule has 1 rings (SSSR count). The zero-order valence-electron chi connectivity index (χ0n) is 13.1. The molecular formula is C16H22ClNO3. The summed E-state index contributed by atoms with van der Waals surface area (Å²) in [7, 11) is 0. The van der Waals surface area contributed by atoms with Crippen molar-refractivity contribution in [2.24, 2.45) is 0 Å². The molecule has 1 atom stereocenters. The Kier molecular flexibility index (Phi) is 5.78. The van der Waals surface area contributed by atoms with Crippen LogP contribution in [0.25, 0.3) is 0 Å². The average molecular weight is 312 g/mol. The number of hydrogen-bond donors (Lipinski definition) is 1. The van der Waals surface area contributed by atoms with E-state index in [0.717, 1.165) is 11.1 Å². The predicted molar refractivity (Wildman–Crippen MR) is 83.7 cm³/mol. The largest absolute Gasteiger partial charge is 0.481 e. The first kappa shape index (κ1) is 17.5. The molecule has 0 aliphatic heterocycles. The van der Waals surface area contributed by atoms with E-state index < -0.39 is 16.9 Å². The maximum Gasteiger partial charge on any atom is 0.261 e. The zero-order valence-corrected chi connectivity index (χ0v) is 13.9. The van der Waals surface area contributed by atoms with Crippen molar-refractivity contribution in [3.63, 3.8) is 0 Å². The first-order valence-electron chi connectivity index (χ1n) is 6.92. The van der Waals surface area contributed by atoms with Crippen molar-refractivity contribution in [1.82, 2.24) is 5.32 Å². The molecule has 0 aliphatic carbocycles. The molecule has 4 nitrogen and oxygen atoms in total. The number of benzene rings is 1. The lowest BCUT2D eigenvalue weighted by Crippen LogP contribution is -2.52. The Balaban J connectivity index is 2.83. The molecule has 0 heterocycles. The Bertz CT molecular complexity index is 520. The van der Waals surface area contributed by atoms with Crippen molar-refractivity contribution in [2.75, 3.05) is 0 Å². The molecule has 0 radical (unpaired) electrons. The molecule has 116 valence electrons. The van der Waals surface area contributed by atoms with Gasteiger partial charge in [-0.25, -0.2) is 0 Å². The highest BCUT2D eigenvalue weighted by molar-refractivity contribution is 6.65. The molecule has 1 unspecified atom stereocenters. The van der Waals surface area contributed by atoms with Gasteiger partial charge in [0.15, 0.2) is 6.10 Å². The molecule has 0 bridgehead atoms. The number of carbonyl (C=O) groups excluding carboxylic acids is 2. The third-order valence-electron chi connectivity index (χ3n) is 3.06. The van der Waals surface area contributed by atoms with Gasteiger partial charge in [-0.2, -0.15) is 0 Å². The second-order valence-electron chi connectivity index (χ2n) is 5.73. The van der Waals surface area contributed by atoms with Gasteiger partial charge in [-0.05, 0) is 69.0 Å². The molecule has 1 aromatic carbocycles. The molecule has 1 amide bonds. The van der Waals surface area contributed by atoms with E-state index in [1.165, 1.54) is 0 Å². The van der Waals surface area contributed by atoms with Gasteiger partial charge in [0.1, 0.15) is 11.3 Å². The molecule has 1 N–H and O–H groups in total. The van der Waals surface area contributed by atoms with E-state index in [1.807, 2.05) is 39.0 Å². The first-order valence-corrected chi connectivity index (χ1v) is 7.30. The first-order chi connectivity index (χ1) is 9.65. The van der Waals surface area contributed by atoms with Crippen molar-refractivity contribution in [3.05, 3.63) is 29.3 Å². The van der Waals surface area contributed by atoms with E-state index in [2.05, 4.69) is 5.32 Å². The minimum Gasteiger partial charge on any atom is -0.481 e. The Morgan fingerprint density at radius 2 is 1.76 bits per heavy atom. The quantitative estimate of drug-likeness (QED) is 0.821. The van der Waals surface area contributed by atoms with Crippen LogP contribution in [0.15, 0.2) is 18.2 Å². The molecular weight excluding hydrogens is 290 g/mol. The van der Waals surface area contributed by atoms with Gasteiger partial charge in [0.2, 0.25) is 5.24 Å². The van der Waals surface area contributed by atoms with Crippen molar-refractivity contribution < 1.29 is 14.3 Å². The van der Waals surface area contributed by atoms with Crippen LogP contribution in [0, 0.1) is 13.8 Å². The lowest BCUT2D eigenvalue weighted by atomic mass is 10.1. The summed E-state index contributed by atoms with van der Waals surface area (Å²) in [5.41, 5.74) is 1.02. The third-order valence-corrected chi connectivity index (χ3v) is 3.54. The van der Waals surface area contributed by atoms with Crippen LogP contribution in [-0.2, 0) is 9.59 Å². The van der Waals surface area contributed by atoms with Gasteiger partial charge < -0.3 is 10.1 Å². The Labute approximate surface area is 130 Å². The van der Waals surface area contributed by atoms with E-state index in [0.29, 0.717) is 12.2 Å². The number of halogens is 1. The SMILES string of the molecule is CCC(Oc1cc(C)cc(C)c1)C(=O)NC(C)(C)C(=O)Cl. The summed E-state index contributed by atoms with van der Waals surface area (Å²) in [4.78, 5) is 23.5. The number of carbonyl (C=O) groups is 2. The number of amides is 1. The smallest absolute Gasteiger partial charge is 0.261 e. The average Bonchev–Trinajstić information content (AvgIpc) is 2.33. The van der Waals surface area contributed by atoms with Gasteiger partial charge >= 0.3 is 0 Å². The highest BCUT2D eigenvalue weighted by Crippen LogP contribution is 2.19. The summed E-state index contributed by atoms with van der Waals surface area (Å²) < 4.78 is 5.75. The zero-order chi connectivity index (χ0) is 16.2. The molecule has 1 aromatic rings. The second kappa shape index (κ2) is 6.94. The lowest BCUT2D eigenvalue weighted by Gasteiger charge is -2.25. The number of hydrogen-bond acceptors (Lipinski definition) is 3. The maximum absolute atomic E-state index is 12.2. The Morgan fingerprint density at radius 1 is 1.24 bits per heavy atom. The van der Waals surface area contributed by atoms with Crippen molar-refractivity contribution in [2.45, 2.75) is 52.7 Å². The molecule has 0 aromatic heterocycles. The van der Waals surface area contributed by atoms with Gasteiger partial charge in [0.05, 0.1) is 0 Å². The molecule has 0 spiro atoms. The summed E-state index contributed by atoms with van der Waals surface area (Å²) in [6, 6.07) is 5.78. The minimum absolute atomic E-state index is 0.351. The van der Waals surface area contributed by atoms with Crippen LogP contribution in [-0.4, -0.2) is 22.8 Å². The van der Waals surface area contributed by atoms with Crippen LogP contribution in [0.4, 0.5) is 0 Å². The maximum atomic E-state index is 12.2. The highest BCUT2D eigenvalue weighted by Gasteiger charge is 2.31. The number of rotatable bonds is 6. The molecule has 0 fully saturated rings. The summed E-state index contributed by atoms with van der Waals surface area (Å²) in [5.74, 6) is 0.292. The van der Waals surface area contributed by atoms with Crippen molar-refractivity contribution in [3.8, 4) is 5.75 Å². The van der Waals surface area contributed by atoms with Gasteiger partial charge in [-0.15, -0.1) is 0 Å². The lowest BCUT2D eigenvalue weighted by molar-refractivity contribution is -0.132. The van der Waals surface area contributed by atoms with Crippen LogP contribution in [0.3, 0.4) is 0 Å². The highest BCUT2D eigenvalue weighted by atomic mass is 35.5. The van der Waals surface area contributed by atoms with E-state index in [-0.39, 0.29) is 5.91 Å². The topological polar surface area (TPSA) is 55.4 Å². The molecule has 0 saturated carbocycles. The second-order valence-corrected chi connectivity index (χ2v) is 6.07. The van der Waals surface area contributed by atoms with Gasteiger partial charge in [-0.3, -0.25) is 9.59 Å². The van der Waals surface area contributed by atoms with Gasteiger partial charge in [-0.1, -0.05) is 13.0 Å². The standard InChI is InChI=1S/C16H22ClNO3/c1-6-13(14(19)18-16(4,5)15(17)20)21-12-8-10(2)7-11(3)9-12/h7-9,13H,6H2,1-5H3,(H,18,19). The summed E-state index contributed by atoms with van der Waals surface area (Å²) >= 11 is 5.47. The molecule has 21 heavy (non-hydrogen) atoms. The number of aryl methyl sites for hydroxylation is 2. The fourth-order valence-corrected chi connectivity index (χ4v) is 1.97. The fraction of sp³-hybridized carbons (Fsp3) is 0.500. The molecule has 5 heteroatoms. The van der Waals surface area contributed by atoms with E-state index in [9.17, 15) is 9.59 Å². The van der Waals surface area contributed by atoms with Crippen LogP contribution >= 0.6 is 11.6 Å². The molecule has 0 saturated heterocycles. The Hall–Kier alpha value is -1.55. The van der Waals surface area contributed by atoms with Crippen LogP contribution in [0.1, 0.15) is 38.3 Å². The summed E-state index contributed by atoms with van der Waals surface area (Å²) in [5, 5.41) is 2.00. The van der Waals surface area contributed by atoms with Crippen molar-refractivity contribution >= 4 is 22.8 Å². The monoisotopic (exact) mass is 311 g/mol. The summed E-state index contributed by atoms with van der Waals surface area (Å²) in [6.07, 6.45) is -0.174. The van der Waals surface area contributed by atoms with E-state index >= 15 is 0 Å². The van der Waals surface area contributed by atoms with E-state index in [1.54, 1.807) is 13.8 Å². The number of ether oxygens (including phenoxy) is 1. The Morgan fingerprint density at radius 3 is 2.19 bits per heavy atom. The van der Waals surface area contributed by atoms with Crippen LogP contribution in [0.2, 0.25) is 0 Å². The van der Waals surface area contributed by atoms with Crippen LogP contribution < -0.4 is 10.1 Å². The normalized spacial score (nSPS) is 12.7. The van der Waals surface area contributed by atoms with Gasteiger partial charge in [0, 0.05) is 0 Å². The van der Waals surface area contributed by atoms with Crippen LogP contribution in [0.5, 0.6) is 5.75 Å². The van der Waals surface area contributed by atoms with Crippen molar-refractivity contribution in [1.29, 1.82) is 0 Å². The number of nitrogens with one attached hydrogen (secondary N) is 1. The molecule has 0 aliphatic rings. The van der Waals surface area contributed by atoms with Gasteiger partial charge in [0.25, 0.3) is 5.91 Å². The predicted octanol–water partition coefficient (Wildman–Crippen LogP) is 3.12. The summed E-state index contributed by atoms with van der Waals surface area (Å²) in [6.45, 7) is 8.91. The van der Waals surface area contributed by atoms with E-state index in [4.69, 9.17) is 16.3 Å². The third kappa shape index (κ3) is 5.05. The fourth-order valence-electron chi connectivity index (χ4n) is 1.93. The minimum atomic E-state index is -1.11.